The first-order valence-electron chi connectivity index (χ1n) is 8.92. The van der Waals surface area contributed by atoms with Gasteiger partial charge in [-0.05, 0) is 38.1 Å². The van der Waals surface area contributed by atoms with Crippen LogP contribution in [0.25, 0.3) is 10.6 Å². The third-order valence-electron chi connectivity index (χ3n) is 4.35. The van der Waals surface area contributed by atoms with Crippen LogP contribution in [0.5, 0.6) is 0 Å². The molecule has 0 saturated heterocycles. The van der Waals surface area contributed by atoms with Gasteiger partial charge in [-0.3, -0.25) is 4.79 Å². The van der Waals surface area contributed by atoms with Gasteiger partial charge in [-0.15, -0.1) is 23.1 Å². The van der Waals surface area contributed by atoms with E-state index in [0.717, 1.165) is 27.6 Å². The Morgan fingerprint density at radius 3 is 2.83 bits per heavy atom. The predicted octanol–water partition coefficient (Wildman–Crippen LogP) is 5.35. The Morgan fingerprint density at radius 2 is 2.07 bits per heavy atom. The Hall–Kier alpha value is -2.97. The zero-order valence-electron chi connectivity index (χ0n) is 15.9. The summed E-state index contributed by atoms with van der Waals surface area (Å²) in [5, 5.41) is 10.5. The number of aromatic nitrogens is 3. The lowest BCUT2D eigenvalue weighted by molar-refractivity contribution is 0.102. The smallest absolute Gasteiger partial charge is 0.258 e. The molecule has 0 radical (unpaired) electrons. The molecule has 0 fully saturated rings. The van der Waals surface area contributed by atoms with Crippen molar-refractivity contribution in [1.82, 2.24) is 15.1 Å². The second kappa shape index (κ2) is 8.59. The third kappa shape index (κ3) is 4.38. The van der Waals surface area contributed by atoms with Gasteiger partial charge in [0.1, 0.15) is 15.8 Å². The van der Waals surface area contributed by atoms with E-state index in [-0.39, 0.29) is 5.91 Å². The van der Waals surface area contributed by atoms with Gasteiger partial charge in [0.15, 0.2) is 0 Å². The molecule has 0 atom stereocenters. The molecule has 0 spiro atoms. The molecule has 3 aromatic heterocycles. The van der Waals surface area contributed by atoms with Gasteiger partial charge in [0.25, 0.3) is 5.91 Å². The molecule has 0 aliphatic carbocycles. The van der Waals surface area contributed by atoms with E-state index in [1.165, 1.54) is 11.8 Å². The highest BCUT2D eigenvalue weighted by atomic mass is 32.2. The van der Waals surface area contributed by atoms with Gasteiger partial charge >= 0.3 is 0 Å². The van der Waals surface area contributed by atoms with Gasteiger partial charge in [0, 0.05) is 40.3 Å². The number of rotatable bonds is 6. The summed E-state index contributed by atoms with van der Waals surface area (Å²) in [4.78, 5) is 21.6. The van der Waals surface area contributed by atoms with Crippen LogP contribution in [0.3, 0.4) is 0 Å². The SMILES string of the molecule is Cc1noc(C)c1CSc1ncccc1C(=O)Nc1cccc(-c2nccs2)c1. The van der Waals surface area contributed by atoms with Crippen LogP contribution in [0.1, 0.15) is 27.4 Å². The summed E-state index contributed by atoms with van der Waals surface area (Å²) in [5.41, 5.74) is 4.10. The Labute approximate surface area is 176 Å². The molecule has 0 bridgehead atoms. The second-order valence-corrected chi connectivity index (χ2v) is 8.18. The summed E-state index contributed by atoms with van der Waals surface area (Å²) >= 11 is 3.05. The molecule has 146 valence electrons. The lowest BCUT2D eigenvalue weighted by Gasteiger charge is -2.10. The van der Waals surface area contributed by atoms with Crippen molar-refractivity contribution >= 4 is 34.7 Å². The number of hydrogen-bond donors (Lipinski definition) is 1. The largest absolute Gasteiger partial charge is 0.361 e. The van der Waals surface area contributed by atoms with Crippen LogP contribution in [-0.4, -0.2) is 21.0 Å². The summed E-state index contributed by atoms with van der Waals surface area (Å²) in [7, 11) is 0. The van der Waals surface area contributed by atoms with Crippen LogP contribution in [-0.2, 0) is 5.75 Å². The van der Waals surface area contributed by atoms with Crippen molar-refractivity contribution in [3.8, 4) is 10.6 Å². The topological polar surface area (TPSA) is 80.9 Å². The summed E-state index contributed by atoms with van der Waals surface area (Å²) in [6.07, 6.45) is 3.46. The van der Waals surface area contributed by atoms with Gasteiger partial charge in [-0.25, -0.2) is 9.97 Å². The van der Waals surface area contributed by atoms with E-state index in [0.29, 0.717) is 22.0 Å². The molecule has 4 rings (SSSR count). The van der Waals surface area contributed by atoms with E-state index in [4.69, 9.17) is 4.52 Å². The summed E-state index contributed by atoms with van der Waals surface area (Å²) in [6.45, 7) is 3.80. The van der Waals surface area contributed by atoms with Gasteiger partial charge in [0.05, 0.1) is 11.3 Å². The van der Waals surface area contributed by atoms with Crippen LogP contribution in [0.15, 0.2) is 63.7 Å². The number of anilines is 1. The number of pyridine rings is 1. The van der Waals surface area contributed by atoms with Crippen LogP contribution in [0.2, 0.25) is 0 Å². The number of aryl methyl sites for hydroxylation is 2. The zero-order chi connectivity index (χ0) is 20.2. The fourth-order valence-corrected chi connectivity index (χ4v) is 4.60. The number of carbonyl (C=O) groups is 1. The quantitative estimate of drug-likeness (QED) is 0.422. The molecule has 29 heavy (non-hydrogen) atoms. The van der Waals surface area contributed by atoms with Gasteiger partial charge < -0.3 is 9.84 Å². The normalized spacial score (nSPS) is 10.8. The summed E-state index contributed by atoms with van der Waals surface area (Å²) in [5.74, 6) is 1.23. The van der Waals surface area contributed by atoms with Crippen LogP contribution < -0.4 is 5.32 Å². The van der Waals surface area contributed by atoms with Crippen molar-refractivity contribution in [3.05, 3.63) is 76.8 Å². The molecule has 0 aliphatic rings. The van der Waals surface area contributed by atoms with E-state index >= 15 is 0 Å². The maximum Gasteiger partial charge on any atom is 0.258 e. The Balaban J connectivity index is 1.52. The molecule has 1 amide bonds. The van der Waals surface area contributed by atoms with Crippen molar-refractivity contribution in [2.75, 3.05) is 5.32 Å². The van der Waals surface area contributed by atoms with Crippen LogP contribution in [0.4, 0.5) is 5.69 Å². The number of thiazole rings is 1. The second-order valence-electron chi connectivity index (χ2n) is 6.32. The highest BCUT2D eigenvalue weighted by Gasteiger charge is 2.16. The number of nitrogens with zero attached hydrogens (tertiary/aromatic N) is 3. The van der Waals surface area contributed by atoms with Crippen molar-refractivity contribution < 1.29 is 9.32 Å². The molecular formula is C21H18N4O2S2. The minimum Gasteiger partial charge on any atom is -0.361 e. The molecule has 4 aromatic rings. The predicted molar refractivity (Wildman–Crippen MR) is 115 cm³/mol. The number of nitrogens with one attached hydrogen (secondary N) is 1. The first-order valence-corrected chi connectivity index (χ1v) is 10.8. The van der Waals surface area contributed by atoms with E-state index in [1.54, 1.807) is 35.9 Å². The van der Waals surface area contributed by atoms with Crippen LogP contribution in [0, 0.1) is 13.8 Å². The third-order valence-corrected chi connectivity index (χ3v) is 6.20. The molecule has 0 saturated carbocycles. The number of hydrogen-bond acceptors (Lipinski definition) is 7. The minimum atomic E-state index is -0.198. The lowest BCUT2D eigenvalue weighted by Crippen LogP contribution is -2.13. The Bertz CT molecular complexity index is 1120. The van der Waals surface area contributed by atoms with Crippen molar-refractivity contribution in [2.45, 2.75) is 24.6 Å². The minimum absolute atomic E-state index is 0.198. The van der Waals surface area contributed by atoms with E-state index in [9.17, 15) is 4.79 Å². The average Bonchev–Trinajstić information content (AvgIpc) is 3.38. The Morgan fingerprint density at radius 1 is 1.17 bits per heavy atom. The number of amides is 1. The van der Waals surface area contributed by atoms with Crippen molar-refractivity contribution in [2.24, 2.45) is 0 Å². The van der Waals surface area contributed by atoms with Gasteiger partial charge in [-0.1, -0.05) is 17.3 Å². The molecule has 0 aliphatic heterocycles. The Kier molecular flexibility index (Phi) is 5.73. The van der Waals surface area contributed by atoms with E-state index in [2.05, 4.69) is 20.4 Å². The highest BCUT2D eigenvalue weighted by molar-refractivity contribution is 7.98. The molecule has 1 aromatic carbocycles. The maximum absolute atomic E-state index is 12.9. The van der Waals surface area contributed by atoms with Gasteiger partial charge in [-0.2, -0.15) is 0 Å². The molecule has 8 heteroatoms. The standard InChI is InChI=1S/C21H18N4O2S2/c1-13-18(14(2)27-25-13)12-29-21-17(7-4-8-22-21)19(26)24-16-6-3-5-15(11-16)20-23-9-10-28-20/h3-11H,12H2,1-2H3,(H,24,26). The molecule has 1 N–H and O–H groups in total. The summed E-state index contributed by atoms with van der Waals surface area (Å²) < 4.78 is 5.21. The fraction of sp³-hybridized carbons (Fsp3) is 0.143. The molecule has 0 unspecified atom stereocenters. The van der Waals surface area contributed by atoms with E-state index < -0.39 is 0 Å². The van der Waals surface area contributed by atoms with E-state index in [1.807, 2.05) is 43.5 Å². The fourth-order valence-electron chi connectivity index (χ4n) is 2.82. The number of carbonyl (C=O) groups excluding carboxylic acids is 1. The molecule has 3 heterocycles. The average molecular weight is 423 g/mol. The zero-order valence-corrected chi connectivity index (χ0v) is 17.5. The number of thioether (sulfide) groups is 1. The lowest BCUT2D eigenvalue weighted by atomic mass is 10.2. The first kappa shape index (κ1) is 19.4. The van der Waals surface area contributed by atoms with Gasteiger partial charge in [0.2, 0.25) is 0 Å². The highest BCUT2D eigenvalue weighted by Crippen LogP contribution is 2.28. The first-order chi connectivity index (χ1) is 14.1. The monoisotopic (exact) mass is 422 g/mol. The van der Waals surface area contributed by atoms with Crippen molar-refractivity contribution in [3.63, 3.8) is 0 Å². The van der Waals surface area contributed by atoms with Crippen LogP contribution >= 0.6 is 23.1 Å². The molecular weight excluding hydrogens is 404 g/mol. The summed E-state index contributed by atoms with van der Waals surface area (Å²) in [6, 6.07) is 11.2. The number of benzene rings is 1. The van der Waals surface area contributed by atoms with Crippen molar-refractivity contribution in [1.29, 1.82) is 0 Å². The molecule has 6 nitrogen and oxygen atoms in total. The maximum atomic E-state index is 12.9.